The van der Waals surface area contributed by atoms with Crippen molar-refractivity contribution in [2.24, 2.45) is 0 Å². The minimum absolute atomic E-state index is 0.0340. The van der Waals surface area contributed by atoms with Crippen molar-refractivity contribution >= 4 is 29.2 Å². The Bertz CT molecular complexity index is 826. The van der Waals surface area contributed by atoms with Crippen LogP contribution in [0.15, 0.2) is 18.2 Å². The molecule has 1 unspecified atom stereocenters. The van der Waals surface area contributed by atoms with Crippen LogP contribution in [0.4, 0.5) is 11.4 Å². The topological polar surface area (TPSA) is 108 Å². The van der Waals surface area contributed by atoms with Gasteiger partial charge < -0.3 is 20.5 Å². The van der Waals surface area contributed by atoms with E-state index in [4.69, 9.17) is 4.74 Å². The van der Waals surface area contributed by atoms with E-state index >= 15 is 0 Å². The van der Waals surface area contributed by atoms with Crippen molar-refractivity contribution in [3.63, 3.8) is 0 Å². The van der Waals surface area contributed by atoms with Crippen LogP contribution in [0.1, 0.15) is 50.5 Å². The van der Waals surface area contributed by atoms with Crippen LogP contribution < -0.4 is 10.6 Å². The highest BCUT2D eigenvalue weighted by Gasteiger charge is 2.47. The summed E-state index contributed by atoms with van der Waals surface area (Å²) in [6.45, 7) is 2.30. The van der Waals surface area contributed by atoms with E-state index in [-0.39, 0.29) is 5.91 Å². The number of hydrogen-bond acceptors (Lipinski definition) is 5. The van der Waals surface area contributed by atoms with E-state index in [1.54, 1.807) is 17.0 Å². The molecule has 3 aliphatic heterocycles. The van der Waals surface area contributed by atoms with E-state index in [9.17, 15) is 19.5 Å². The molecule has 0 aromatic heterocycles. The number of anilines is 2. The van der Waals surface area contributed by atoms with Crippen LogP contribution in [0.3, 0.4) is 0 Å². The van der Waals surface area contributed by atoms with Crippen molar-refractivity contribution in [3.8, 4) is 0 Å². The summed E-state index contributed by atoms with van der Waals surface area (Å²) < 4.78 is 5.42. The van der Waals surface area contributed by atoms with Gasteiger partial charge >= 0.3 is 5.97 Å². The number of amides is 2. The number of benzene rings is 1. The highest BCUT2D eigenvalue weighted by atomic mass is 16.5. The zero-order chi connectivity index (χ0) is 21.1. The van der Waals surface area contributed by atoms with Crippen LogP contribution in [-0.4, -0.2) is 60.1 Å². The van der Waals surface area contributed by atoms with Gasteiger partial charge in [0.2, 0.25) is 5.91 Å². The van der Waals surface area contributed by atoms with E-state index in [2.05, 4.69) is 10.6 Å². The molecule has 1 atom stereocenters. The average Bonchev–Trinajstić information content (AvgIpc) is 2.94. The SMILES string of the molecule is O=C(O)C(C(=O)Nc1ccc2c(c1)NC(=O)C21CCOCC1)N1CCCCCCC1. The second-order valence-electron chi connectivity index (χ2n) is 8.44. The minimum Gasteiger partial charge on any atom is -0.480 e. The molecule has 1 aromatic rings. The van der Waals surface area contributed by atoms with Gasteiger partial charge in [0, 0.05) is 24.6 Å². The molecule has 8 nitrogen and oxygen atoms in total. The number of fused-ring (bicyclic) bond motifs is 2. The predicted molar refractivity (Wildman–Crippen MR) is 112 cm³/mol. The molecule has 1 spiro atoms. The normalized spacial score (nSPS) is 22.5. The van der Waals surface area contributed by atoms with Gasteiger partial charge in [-0.25, -0.2) is 4.79 Å². The number of aliphatic carboxylic acids is 1. The molecular formula is C22H29N3O5. The molecular weight excluding hydrogens is 386 g/mol. The van der Waals surface area contributed by atoms with Crippen molar-refractivity contribution < 1.29 is 24.2 Å². The molecule has 2 amide bonds. The molecule has 3 aliphatic rings. The molecule has 3 heterocycles. The lowest BCUT2D eigenvalue weighted by Gasteiger charge is -2.31. The number of carboxylic acid groups (broad SMARTS) is 1. The first-order chi connectivity index (χ1) is 14.5. The van der Waals surface area contributed by atoms with Crippen LogP contribution in [0.5, 0.6) is 0 Å². The zero-order valence-corrected chi connectivity index (χ0v) is 17.1. The Morgan fingerprint density at radius 1 is 1.10 bits per heavy atom. The summed E-state index contributed by atoms with van der Waals surface area (Å²) in [4.78, 5) is 39.2. The Morgan fingerprint density at radius 3 is 2.43 bits per heavy atom. The Labute approximate surface area is 176 Å². The molecule has 30 heavy (non-hydrogen) atoms. The number of hydrogen-bond donors (Lipinski definition) is 3. The summed E-state index contributed by atoms with van der Waals surface area (Å²) in [5, 5.41) is 15.4. The number of nitrogens with one attached hydrogen (secondary N) is 2. The third-order valence-electron chi connectivity index (χ3n) is 6.57. The Morgan fingerprint density at radius 2 is 1.77 bits per heavy atom. The van der Waals surface area contributed by atoms with Crippen LogP contribution in [-0.2, 0) is 24.5 Å². The van der Waals surface area contributed by atoms with E-state index in [1.165, 1.54) is 0 Å². The largest absolute Gasteiger partial charge is 0.480 e. The predicted octanol–water partition coefficient (Wildman–Crippen LogP) is 2.34. The van der Waals surface area contributed by atoms with E-state index < -0.39 is 23.3 Å². The third-order valence-corrected chi connectivity index (χ3v) is 6.57. The summed E-state index contributed by atoms with van der Waals surface area (Å²) in [6.07, 6.45) is 6.33. The summed E-state index contributed by atoms with van der Waals surface area (Å²) in [7, 11) is 0. The highest BCUT2D eigenvalue weighted by molar-refractivity contribution is 6.09. The number of likely N-dealkylation sites (tertiary alicyclic amines) is 1. The van der Waals surface area contributed by atoms with E-state index in [0.717, 1.165) is 37.7 Å². The molecule has 0 aliphatic carbocycles. The first kappa shape index (κ1) is 20.8. The van der Waals surface area contributed by atoms with Crippen LogP contribution >= 0.6 is 0 Å². The first-order valence-electron chi connectivity index (χ1n) is 10.8. The number of nitrogens with zero attached hydrogens (tertiary/aromatic N) is 1. The fourth-order valence-corrected chi connectivity index (χ4v) is 4.90. The number of ether oxygens (including phenoxy) is 1. The lowest BCUT2D eigenvalue weighted by molar-refractivity contribution is -0.147. The number of carbonyl (C=O) groups is 3. The van der Waals surface area contributed by atoms with Gasteiger partial charge in [-0.3, -0.25) is 14.5 Å². The van der Waals surface area contributed by atoms with Crippen molar-refractivity contribution in [2.45, 2.75) is 56.4 Å². The Hall–Kier alpha value is -2.45. The van der Waals surface area contributed by atoms with Crippen molar-refractivity contribution in [1.29, 1.82) is 0 Å². The minimum atomic E-state index is -1.22. The number of rotatable bonds is 4. The average molecular weight is 415 g/mol. The molecule has 0 bridgehead atoms. The third kappa shape index (κ3) is 3.94. The summed E-state index contributed by atoms with van der Waals surface area (Å²) in [6, 6.07) is 4.12. The maximum atomic E-state index is 12.9. The van der Waals surface area contributed by atoms with Gasteiger partial charge in [-0.15, -0.1) is 0 Å². The Balaban J connectivity index is 1.51. The van der Waals surface area contributed by atoms with E-state index in [0.29, 0.717) is 50.5 Å². The maximum Gasteiger partial charge on any atom is 0.330 e. The zero-order valence-electron chi connectivity index (χ0n) is 17.1. The second kappa shape index (κ2) is 8.73. The van der Waals surface area contributed by atoms with Crippen LogP contribution in [0.2, 0.25) is 0 Å². The lowest BCUT2D eigenvalue weighted by atomic mass is 9.75. The molecule has 8 heteroatoms. The van der Waals surface area contributed by atoms with E-state index in [1.807, 2.05) is 6.07 Å². The molecule has 3 N–H and O–H groups in total. The highest BCUT2D eigenvalue weighted by Crippen LogP contribution is 2.45. The number of carboxylic acids is 1. The van der Waals surface area contributed by atoms with Crippen LogP contribution in [0, 0.1) is 0 Å². The van der Waals surface area contributed by atoms with Crippen molar-refractivity contribution in [2.75, 3.05) is 36.9 Å². The fourth-order valence-electron chi connectivity index (χ4n) is 4.90. The van der Waals surface area contributed by atoms with Crippen molar-refractivity contribution in [3.05, 3.63) is 23.8 Å². The smallest absolute Gasteiger partial charge is 0.330 e. The van der Waals surface area contributed by atoms with Gasteiger partial charge in [0.1, 0.15) is 0 Å². The molecule has 0 radical (unpaired) electrons. The molecule has 162 valence electrons. The first-order valence-corrected chi connectivity index (χ1v) is 10.8. The van der Waals surface area contributed by atoms with Gasteiger partial charge in [-0.05, 0) is 56.5 Å². The molecule has 4 rings (SSSR count). The van der Waals surface area contributed by atoms with Crippen molar-refractivity contribution in [1.82, 2.24) is 4.90 Å². The molecule has 2 fully saturated rings. The van der Waals surface area contributed by atoms with Gasteiger partial charge in [-0.1, -0.05) is 25.3 Å². The fraction of sp³-hybridized carbons (Fsp3) is 0.591. The molecule has 0 saturated carbocycles. The lowest BCUT2D eigenvalue weighted by Crippen LogP contribution is -2.50. The van der Waals surface area contributed by atoms with Gasteiger partial charge in [-0.2, -0.15) is 0 Å². The summed E-state index contributed by atoms with van der Waals surface area (Å²) >= 11 is 0. The van der Waals surface area contributed by atoms with Crippen LogP contribution in [0.25, 0.3) is 0 Å². The Kier molecular flexibility index (Phi) is 6.06. The van der Waals surface area contributed by atoms with Gasteiger partial charge in [0.05, 0.1) is 5.41 Å². The summed E-state index contributed by atoms with van der Waals surface area (Å²) in [5.74, 6) is -1.72. The van der Waals surface area contributed by atoms with Gasteiger partial charge in [0.25, 0.3) is 5.91 Å². The second-order valence-corrected chi connectivity index (χ2v) is 8.44. The number of carbonyl (C=O) groups excluding carboxylic acids is 2. The monoisotopic (exact) mass is 415 g/mol. The standard InChI is InChI=1S/C22H29N3O5/c26-19(18(20(27)28)25-10-4-2-1-3-5-11-25)23-15-6-7-16-17(14-15)24-21(29)22(16)8-12-30-13-9-22/h6-7,14,18H,1-5,8-13H2,(H,23,26)(H,24,29)(H,27,28). The maximum absolute atomic E-state index is 12.9. The van der Waals surface area contributed by atoms with Gasteiger partial charge in [0.15, 0.2) is 6.04 Å². The quantitative estimate of drug-likeness (QED) is 0.652. The summed E-state index contributed by atoms with van der Waals surface area (Å²) in [5.41, 5.74) is 1.52. The molecule has 1 aromatic carbocycles. The molecule has 2 saturated heterocycles.